The molecule has 0 fully saturated rings. The van der Waals surface area contributed by atoms with Gasteiger partial charge in [-0.1, -0.05) is 13.0 Å². The van der Waals surface area contributed by atoms with Crippen LogP contribution in [0, 0.1) is 16.7 Å². The number of carboxylic acid groups (broad SMARTS) is 1. The van der Waals surface area contributed by atoms with E-state index in [1.165, 1.54) is 0 Å². The van der Waals surface area contributed by atoms with Crippen molar-refractivity contribution in [1.82, 2.24) is 0 Å². The van der Waals surface area contributed by atoms with Crippen LogP contribution in [0.1, 0.15) is 40.2 Å². The maximum atomic E-state index is 11.5. The quantitative estimate of drug-likeness (QED) is 0.778. The molecule has 0 atom stereocenters. The van der Waals surface area contributed by atoms with Crippen molar-refractivity contribution < 1.29 is 9.90 Å². The standard InChI is InChI=1S/C16H22N2O2S/c1-6-21-13-9-7-8-12(11(13)10-17)18-16(4,5)15(2,3)14(19)20/h7-9,18H,6H2,1-5H3,(H,19,20). The van der Waals surface area contributed by atoms with Crippen LogP contribution in [0.25, 0.3) is 0 Å². The van der Waals surface area contributed by atoms with E-state index in [0.29, 0.717) is 11.3 Å². The fourth-order valence-corrected chi connectivity index (χ4v) is 2.57. The van der Waals surface area contributed by atoms with Gasteiger partial charge in [0.15, 0.2) is 0 Å². The number of carbonyl (C=O) groups is 1. The fourth-order valence-electron chi connectivity index (χ4n) is 1.79. The lowest BCUT2D eigenvalue weighted by Crippen LogP contribution is -2.50. The molecule has 4 nitrogen and oxygen atoms in total. The molecule has 0 aliphatic rings. The lowest BCUT2D eigenvalue weighted by molar-refractivity contribution is -0.149. The number of rotatable bonds is 6. The second-order valence-corrected chi connectivity index (χ2v) is 7.21. The van der Waals surface area contributed by atoms with Crippen molar-refractivity contribution in [1.29, 1.82) is 5.26 Å². The van der Waals surface area contributed by atoms with Gasteiger partial charge in [0.05, 0.1) is 16.7 Å². The minimum absolute atomic E-state index is 0.568. The third-order valence-electron chi connectivity index (χ3n) is 3.98. The van der Waals surface area contributed by atoms with Gasteiger partial charge in [-0.25, -0.2) is 0 Å². The normalized spacial score (nSPS) is 11.8. The second kappa shape index (κ2) is 6.40. The largest absolute Gasteiger partial charge is 0.481 e. The van der Waals surface area contributed by atoms with E-state index in [9.17, 15) is 15.2 Å². The van der Waals surface area contributed by atoms with E-state index in [-0.39, 0.29) is 0 Å². The first-order valence-corrected chi connectivity index (χ1v) is 7.83. The molecule has 0 saturated carbocycles. The van der Waals surface area contributed by atoms with Crippen LogP contribution in [0.4, 0.5) is 5.69 Å². The predicted octanol–water partition coefficient (Wildman–Crippen LogP) is 3.97. The van der Waals surface area contributed by atoms with Crippen LogP contribution in [0.2, 0.25) is 0 Å². The number of aliphatic carboxylic acids is 1. The van der Waals surface area contributed by atoms with E-state index in [4.69, 9.17) is 0 Å². The highest BCUT2D eigenvalue weighted by molar-refractivity contribution is 7.99. The molecule has 0 bridgehead atoms. The predicted molar refractivity (Wildman–Crippen MR) is 86.7 cm³/mol. The molecule has 1 aromatic carbocycles. The third kappa shape index (κ3) is 3.51. The molecule has 1 aromatic rings. The average Bonchev–Trinajstić information content (AvgIpc) is 2.38. The molecular weight excluding hydrogens is 284 g/mol. The summed E-state index contributed by atoms with van der Waals surface area (Å²) in [5.74, 6) is -0.0000983. The van der Waals surface area contributed by atoms with Gasteiger partial charge in [-0.15, -0.1) is 11.8 Å². The van der Waals surface area contributed by atoms with Crippen LogP contribution in [0.3, 0.4) is 0 Å². The summed E-state index contributed by atoms with van der Waals surface area (Å²) >= 11 is 1.60. The van der Waals surface area contributed by atoms with E-state index in [0.717, 1.165) is 10.6 Å². The lowest BCUT2D eigenvalue weighted by Gasteiger charge is -2.40. The number of thioether (sulfide) groups is 1. The Morgan fingerprint density at radius 2 is 2.00 bits per heavy atom. The smallest absolute Gasteiger partial charge is 0.311 e. The second-order valence-electron chi connectivity index (χ2n) is 5.90. The molecule has 0 aromatic heterocycles. The molecule has 5 heteroatoms. The van der Waals surface area contributed by atoms with Gasteiger partial charge in [-0.3, -0.25) is 4.79 Å². The Morgan fingerprint density at radius 3 is 2.48 bits per heavy atom. The molecule has 0 amide bonds. The summed E-state index contributed by atoms with van der Waals surface area (Å²) in [5, 5.41) is 22.1. The van der Waals surface area contributed by atoms with Gasteiger partial charge >= 0.3 is 5.97 Å². The maximum absolute atomic E-state index is 11.5. The van der Waals surface area contributed by atoms with Crippen molar-refractivity contribution in [2.24, 2.45) is 5.41 Å². The lowest BCUT2D eigenvalue weighted by atomic mass is 9.74. The summed E-state index contributed by atoms with van der Waals surface area (Å²) < 4.78 is 0. The number of benzene rings is 1. The zero-order valence-corrected chi connectivity index (χ0v) is 14.0. The SMILES string of the molecule is CCSc1cccc(NC(C)(C)C(C)(C)C(=O)O)c1C#N. The van der Waals surface area contributed by atoms with Crippen LogP contribution in [-0.2, 0) is 4.79 Å². The van der Waals surface area contributed by atoms with Gasteiger partial charge in [0, 0.05) is 10.4 Å². The molecular formula is C16H22N2O2S. The molecule has 0 heterocycles. The number of hydrogen-bond donors (Lipinski definition) is 2. The molecule has 0 aliphatic carbocycles. The highest BCUT2D eigenvalue weighted by Gasteiger charge is 2.43. The topological polar surface area (TPSA) is 73.1 Å². The molecule has 1 rings (SSSR count). The monoisotopic (exact) mass is 306 g/mol. The van der Waals surface area contributed by atoms with Crippen molar-refractivity contribution in [3.05, 3.63) is 23.8 Å². The first-order valence-electron chi connectivity index (χ1n) is 6.85. The first-order chi connectivity index (χ1) is 9.67. The van der Waals surface area contributed by atoms with E-state index >= 15 is 0 Å². The molecule has 0 unspecified atom stereocenters. The Hall–Kier alpha value is -1.67. The zero-order chi connectivity index (χ0) is 16.3. The highest BCUT2D eigenvalue weighted by Crippen LogP contribution is 2.36. The van der Waals surface area contributed by atoms with Crippen LogP contribution in [0.5, 0.6) is 0 Å². The Balaban J connectivity index is 3.22. The van der Waals surface area contributed by atoms with Crippen molar-refractivity contribution in [3.63, 3.8) is 0 Å². The van der Waals surface area contributed by atoms with Gasteiger partial charge in [0.1, 0.15) is 6.07 Å². The highest BCUT2D eigenvalue weighted by atomic mass is 32.2. The van der Waals surface area contributed by atoms with Crippen LogP contribution in [0.15, 0.2) is 23.1 Å². The van der Waals surface area contributed by atoms with Crippen LogP contribution in [-0.4, -0.2) is 22.4 Å². The number of nitrogens with one attached hydrogen (secondary N) is 1. The summed E-state index contributed by atoms with van der Waals surface area (Å²) in [6.45, 7) is 9.06. The van der Waals surface area contributed by atoms with Crippen LogP contribution < -0.4 is 5.32 Å². The number of nitrogens with zero attached hydrogens (tertiary/aromatic N) is 1. The molecule has 0 saturated heterocycles. The average molecular weight is 306 g/mol. The van der Waals surface area contributed by atoms with Crippen LogP contribution >= 0.6 is 11.8 Å². The van der Waals surface area contributed by atoms with Gasteiger partial charge in [0.25, 0.3) is 0 Å². The summed E-state index contributed by atoms with van der Waals surface area (Å²) in [6, 6.07) is 7.83. The van der Waals surface area contributed by atoms with Crippen molar-refractivity contribution in [3.8, 4) is 6.07 Å². The number of hydrogen-bond acceptors (Lipinski definition) is 4. The van der Waals surface area contributed by atoms with E-state index < -0.39 is 16.9 Å². The van der Waals surface area contributed by atoms with Crippen molar-refractivity contribution >= 4 is 23.4 Å². The number of anilines is 1. The first kappa shape index (κ1) is 17.4. The van der Waals surface area contributed by atoms with E-state index in [1.807, 2.05) is 39.0 Å². The maximum Gasteiger partial charge on any atom is 0.311 e. The number of nitriles is 1. The summed E-state index contributed by atoms with van der Waals surface area (Å²) in [4.78, 5) is 12.4. The Morgan fingerprint density at radius 1 is 1.38 bits per heavy atom. The van der Waals surface area contributed by atoms with Gasteiger partial charge in [-0.05, 0) is 45.6 Å². The number of carboxylic acids is 1. The van der Waals surface area contributed by atoms with E-state index in [2.05, 4.69) is 11.4 Å². The minimum atomic E-state index is -0.979. The Bertz CT molecular complexity index is 574. The van der Waals surface area contributed by atoms with Gasteiger partial charge in [0.2, 0.25) is 0 Å². The summed E-state index contributed by atoms with van der Waals surface area (Å²) in [6.07, 6.45) is 0. The summed E-state index contributed by atoms with van der Waals surface area (Å²) in [7, 11) is 0. The third-order valence-corrected chi connectivity index (χ3v) is 4.92. The minimum Gasteiger partial charge on any atom is -0.481 e. The summed E-state index contributed by atoms with van der Waals surface area (Å²) in [5.41, 5.74) is -0.443. The molecule has 0 aliphatic heterocycles. The van der Waals surface area contributed by atoms with E-state index in [1.54, 1.807) is 25.6 Å². The zero-order valence-electron chi connectivity index (χ0n) is 13.2. The van der Waals surface area contributed by atoms with Gasteiger partial charge < -0.3 is 10.4 Å². The Labute approximate surface area is 130 Å². The van der Waals surface area contributed by atoms with Crippen molar-refractivity contribution in [2.75, 3.05) is 11.1 Å². The molecule has 2 N–H and O–H groups in total. The van der Waals surface area contributed by atoms with Gasteiger partial charge in [-0.2, -0.15) is 5.26 Å². The van der Waals surface area contributed by atoms with Crippen molar-refractivity contribution in [2.45, 2.75) is 45.1 Å². The molecule has 21 heavy (non-hydrogen) atoms. The molecule has 0 radical (unpaired) electrons. The fraction of sp³-hybridized carbons (Fsp3) is 0.500. The molecule has 0 spiro atoms. The Kier molecular flexibility index (Phi) is 5.30. The molecule has 114 valence electrons.